The largest absolute Gasteiger partial charge is 0.492 e. The first-order valence-electron chi connectivity index (χ1n) is 10.4. The number of allylic oxidation sites excluding steroid dienone is 1. The van der Waals surface area contributed by atoms with Crippen LogP contribution in [-0.4, -0.2) is 59.4 Å². The predicted octanol–water partition coefficient (Wildman–Crippen LogP) is 2.46. The fourth-order valence-electron chi connectivity index (χ4n) is 4.54. The third kappa shape index (κ3) is 3.28. The maximum atomic E-state index is 13.5. The quantitative estimate of drug-likeness (QED) is 0.654. The highest BCUT2D eigenvalue weighted by atomic mass is 32.2. The fourth-order valence-corrected chi connectivity index (χ4v) is 5.50. The lowest BCUT2D eigenvalue weighted by Gasteiger charge is -2.20. The van der Waals surface area contributed by atoms with Crippen molar-refractivity contribution in [3.05, 3.63) is 52.2 Å². The van der Waals surface area contributed by atoms with Gasteiger partial charge in [0.2, 0.25) is 28.3 Å². The van der Waals surface area contributed by atoms with Crippen LogP contribution in [0.2, 0.25) is 0 Å². The summed E-state index contributed by atoms with van der Waals surface area (Å²) in [6, 6.07) is 7.18. The van der Waals surface area contributed by atoms with Gasteiger partial charge >= 0.3 is 0 Å². The van der Waals surface area contributed by atoms with Gasteiger partial charge in [0.05, 0.1) is 24.7 Å². The van der Waals surface area contributed by atoms with E-state index in [1.807, 2.05) is 24.1 Å². The number of ketones is 1. The van der Waals surface area contributed by atoms with E-state index in [0.717, 1.165) is 23.1 Å². The molecule has 0 aromatic heterocycles. The third-order valence-corrected chi connectivity index (χ3v) is 7.36. The van der Waals surface area contributed by atoms with Crippen molar-refractivity contribution in [3.8, 4) is 17.2 Å². The summed E-state index contributed by atoms with van der Waals surface area (Å²) in [5.41, 5.74) is 4.41. The molecule has 0 bridgehead atoms. The normalized spacial score (nSPS) is 16.9. The highest BCUT2D eigenvalue weighted by Gasteiger charge is 2.30. The molecule has 2 aromatic rings. The molecule has 0 aliphatic carbocycles. The van der Waals surface area contributed by atoms with Gasteiger partial charge in [-0.05, 0) is 54.3 Å². The van der Waals surface area contributed by atoms with Gasteiger partial charge in [-0.25, -0.2) is 8.42 Å². The summed E-state index contributed by atoms with van der Waals surface area (Å²) in [6.45, 7) is 1.19. The molecule has 2 aromatic carbocycles. The molecular weight excluding hydrogens is 432 g/mol. The molecule has 3 heterocycles. The second kappa shape index (κ2) is 7.44. The van der Waals surface area contributed by atoms with E-state index in [4.69, 9.17) is 14.2 Å². The highest BCUT2D eigenvalue weighted by Crippen LogP contribution is 2.46. The van der Waals surface area contributed by atoms with Crippen molar-refractivity contribution in [1.29, 1.82) is 0 Å². The first-order chi connectivity index (χ1) is 15.3. The number of methoxy groups -OCH3 is 1. The van der Waals surface area contributed by atoms with E-state index in [0.29, 0.717) is 53.7 Å². The number of carbonyl (C=O) groups is 1. The van der Waals surface area contributed by atoms with Crippen LogP contribution in [0.1, 0.15) is 27.0 Å². The topological polar surface area (TPSA) is 85.4 Å². The molecule has 0 unspecified atom stereocenters. The van der Waals surface area contributed by atoms with E-state index in [1.54, 1.807) is 25.3 Å². The summed E-state index contributed by atoms with van der Waals surface area (Å²) >= 11 is 0. The Balaban J connectivity index is 1.56. The van der Waals surface area contributed by atoms with E-state index >= 15 is 0 Å². The number of carbonyl (C=O) groups excluding carboxylic acids is 1. The molecule has 0 saturated carbocycles. The Morgan fingerprint density at radius 1 is 1.09 bits per heavy atom. The fraction of sp³-hybridized carbons (Fsp3) is 0.348. The lowest BCUT2D eigenvalue weighted by Crippen LogP contribution is -2.27. The molecule has 3 aliphatic heterocycles. The summed E-state index contributed by atoms with van der Waals surface area (Å²) in [5.74, 6) is 1.65. The summed E-state index contributed by atoms with van der Waals surface area (Å²) in [4.78, 5) is 15.5. The maximum absolute atomic E-state index is 13.5. The average molecular weight is 457 g/mol. The van der Waals surface area contributed by atoms with Crippen molar-refractivity contribution < 1.29 is 27.4 Å². The van der Waals surface area contributed by atoms with E-state index in [2.05, 4.69) is 0 Å². The number of benzene rings is 2. The first kappa shape index (κ1) is 20.7. The Bertz CT molecular complexity index is 1270. The second-order valence-corrected chi connectivity index (χ2v) is 10.1. The van der Waals surface area contributed by atoms with Crippen LogP contribution in [0.5, 0.6) is 17.2 Å². The number of sulfonamides is 1. The number of anilines is 1. The van der Waals surface area contributed by atoms with Crippen molar-refractivity contribution in [2.45, 2.75) is 12.8 Å². The van der Waals surface area contributed by atoms with Crippen molar-refractivity contribution >= 4 is 27.6 Å². The third-order valence-electron chi connectivity index (χ3n) is 6.18. The number of rotatable bonds is 4. The van der Waals surface area contributed by atoms with Gasteiger partial charge in [-0.1, -0.05) is 0 Å². The number of hydrogen-bond acceptors (Lipinski definition) is 7. The van der Waals surface area contributed by atoms with Crippen molar-refractivity contribution in [3.63, 3.8) is 0 Å². The second-order valence-electron chi connectivity index (χ2n) is 8.18. The van der Waals surface area contributed by atoms with Crippen LogP contribution in [0, 0.1) is 0 Å². The summed E-state index contributed by atoms with van der Waals surface area (Å²) in [7, 11) is 0.133. The lowest BCUT2D eigenvalue weighted by molar-refractivity contribution is 0.100. The number of hydrogen-bond donors (Lipinski definition) is 0. The summed E-state index contributed by atoms with van der Waals surface area (Å²) in [5, 5.41) is 0. The first-order valence-corrected chi connectivity index (χ1v) is 12.2. The van der Waals surface area contributed by atoms with Crippen LogP contribution in [-0.2, 0) is 22.9 Å². The zero-order valence-corrected chi connectivity index (χ0v) is 19.0. The molecule has 32 heavy (non-hydrogen) atoms. The number of ether oxygens (including phenoxy) is 3. The SMILES string of the molecule is COc1c2c(cc3c1OCO3)CCN(C)C(C(=O)c1ccc3c(c1)CCN3S(C)(=O)=O)=C2. The highest BCUT2D eigenvalue weighted by molar-refractivity contribution is 7.92. The van der Waals surface area contributed by atoms with Gasteiger partial charge in [-0.2, -0.15) is 0 Å². The Labute approximate surface area is 187 Å². The van der Waals surface area contributed by atoms with Gasteiger partial charge in [0.1, 0.15) is 0 Å². The molecule has 9 heteroatoms. The molecule has 5 rings (SSSR count). The van der Waals surface area contributed by atoms with Gasteiger partial charge in [0.15, 0.2) is 11.5 Å². The summed E-state index contributed by atoms with van der Waals surface area (Å²) in [6.07, 6.45) is 4.35. The molecule has 0 amide bonds. The monoisotopic (exact) mass is 456 g/mol. The standard InChI is InChI=1S/C23H24N2O6S/c1-24-8-6-14-11-20-23(31-13-30-20)22(29-2)17(14)12-19(24)21(26)16-4-5-18-15(10-16)7-9-25(18)32(3,27)28/h4-5,10-12H,6-9,13H2,1-3H3. The predicted molar refractivity (Wildman–Crippen MR) is 120 cm³/mol. The van der Waals surface area contributed by atoms with Crippen LogP contribution in [0.15, 0.2) is 30.0 Å². The Morgan fingerprint density at radius 3 is 2.62 bits per heavy atom. The minimum Gasteiger partial charge on any atom is -0.492 e. The molecule has 168 valence electrons. The smallest absolute Gasteiger partial charge is 0.232 e. The van der Waals surface area contributed by atoms with Gasteiger partial charge in [-0.3, -0.25) is 9.10 Å². The average Bonchev–Trinajstić information content (AvgIpc) is 3.37. The number of fused-ring (bicyclic) bond motifs is 3. The van der Waals surface area contributed by atoms with Gasteiger partial charge in [0, 0.05) is 31.3 Å². The van der Waals surface area contributed by atoms with Crippen LogP contribution >= 0.6 is 0 Å². The van der Waals surface area contributed by atoms with Gasteiger partial charge in [-0.15, -0.1) is 0 Å². The van der Waals surface area contributed by atoms with Crippen molar-refractivity contribution in [2.24, 2.45) is 0 Å². The molecule has 0 spiro atoms. The molecule has 0 atom stereocenters. The lowest BCUT2D eigenvalue weighted by atomic mass is 9.99. The Kier molecular flexibility index (Phi) is 4.81. The van der Waals surface area contributed by atoms with E-state index in [9.17, 15) is 13.2 Å². The Hall–Kier alpha value is -3.20. The van der Waals surface area contributed by atoms with E-state index in [-0.39, 0.29) is 12.6 Å². The zero-order valence-electron chi connectivity index (χ0n) is 18.2. The van der Waals surface area contributed by atoms with E-state index in [1.165, 1.54) is 10.6 Å². The molecule has 0 N–H and O–H groups in total. The molecule has 0 fully saturated rings. The Morgan fingerprint density at radius 2 is 1.88 bits per heavy atom. The van der Waals surface area contributed by atoms with Crippen molar-refractivity contribution in [1.82, 2.24) is 4.90 Å². The van der Waals surface area contributed by atoms with Crippen LogP contribution in [0.25, 0.3) is 6.08 Å². The maximum Gasteiger partial charge on any atom is 0.232 e. The molecule has 8 nitrogen and oxygen atoms in total. The minimum absolute atomic E-state index is 0.124. The summed E-state index contributed by atoms with van der Waals surface area (Å²) < 4.78 is 42.2. The zero-order chi connectivity index (χ0) is 22.6. The molecule has 0 saturated heterocycles. The van der Waals surface area contributed by atoms with Crippen molar-refractivity contribution in [2.75, 3.05) is 44.6 Å². The van der Waals surface area contributed by atoms with Gasteiger partial charge in [0.25, 0.3) is 0 Å². The van der Waals surface area contributed by atoms with Crippen LogP contribution in [0.3, 0.4) is 0 Å². The molecular formula is C23H24N2O6S. The molecule has 0 radical (unpaired) electrons. The minimum atomic E-state index is -3.34. The number of likely N-dealkylation sites (N-methyl/N-ethyl adjacent to an activating group) is 1. The van der Waals surface area contributed by atoms with Crippen LogP contribution < -0.4 is 18.5 Å². The number of nitrogens with zero attached hydrogens (tertiary/aromatic N) is 2. The number of Topliss-reactive ketones (excluding diaryl/α,β-unsaturated/α-hetero) is 1. The van der Waals surface area contributed by atoms with Gasteiger partial charge < -0.3 is 19.1 Å². The van der Waals surface area contributed by atoms with Crippen LogP contribution in [0.4, 0.5) is 5.69 Å². The van der Waals surface area contributed by atoms with E-state index < -0.39 is 10.0 Å². The molecule has 3 aliphatic rings.